The fraction of sp³-hybridized carbons (Fsp3) is 0.571. The SMILES string of the molecule is C[C@@H](NC(=O)[C@@H]1C[C@]12CCOc1ccccc12)c1nc(C2CCCC2)no1. The zero-order valence-corrected chi connectivity index (χ0v) is 15.6. The molecule has 0 saturated heterocycles. The van der Waals surface area contributed by atoms with E-state index >= 15 is 0 Å². The number of fused-ring (bicyclic) bond motifs is 2. The van der Waals surface area contributed by atoms with E-state index in [9.17, 15) is 4.79 Å². The molecule has 142 valence electrons. The highest BCUT2D eigenvalue weighted by Gasteiger charge is 2.61. The molecule has 0 unspecified atom stereocenters. The highest BCUT2D eigenvalue weighted by molar-refractivity contribution is 5.85. The summed E-state index contributed by atoms with van der Waals surface area (Å²) in [4.78, 5) is 17.4. The predicted molar refractivity (Wildman–Crippen MR) is 98.4 cm³/mol. The molecule has 5 rings (SSSR count). The fourth-order valence-corrected chi connectivity index (χ4v) is 4.85. The van der Waals surface area contributed by atoms with E-state index in [2.05, 4.69) is 21.5 Å². The number of amides is 1. The second-order valence-corrected chi connectivity index (χ2v) is 8.21. The predicted octanol–water partition coefficient (Wildman–Crippen LogP) is 3.64. The topological polar surface area (TPSA) is 77.2 Å². The summed E-state index contributed by atoms with van der Waals surface area (Å²) in [7, 11) is 0. The summed E-state index contributed by atoms with van der Waals surface area (Å²) in [5, 5.41) is 7.23. The Kier molecular flexibility index (Phi) is 3.95. The van der Waals surface area contributed by atoms with Crippen molar-refractivity contribution < 1.29 is 14.1 Å². The normalized spacial score (nSPS) is 27.8. The molecule has 2 fully saturated rings. The Morgan fingerprint density at radius 3 is 2.96 bits per heavy atom. The minimum Gasteiger partial charge on any atom is -0.493 e. The summed E-state index contributed by atoms with van der Waals surface area (Å²) in [6, 6.07) is 7.82. The van der Waals surface area contributed by atoms with Crippen LogP contribution >= 0.6 is 0 Å². The van der Waals surface area contributed by atoms with E-state index < -0.39 is 0 Å². The Morgan fingerprint density at radius 2 is 2.11 bits per heavy atom. The molecule has 1 aliphatic heterocycles. The number of hydrogen-bond donors (Lipinski definition) is 1. The van der Waals surface area contributed by atoms with Crippen molar-refractivity contribution in [3.8, 4) is 5.75 Å². The van der Waals surface area contributed by atoms with E-state index in [0.717, 1.165) is 37.3 Å². The number of nitrogens with one attached hydrogen (secondary N) is 1. The smallest absolute Gasteiger partial charge is 0.248 e. The third kappa shape index (κ3) is 2.82. The highest BCUT2D eigenvalue weighted by Crippen LogP contribution is 2.60. The van der Waals surface area contributed by atoms with Crippen LogP contribution in [0.25, 0.3) is 0 Å². The van der Waals surface area contributed by atoms with Crippen LogP contribution in [0.5, 0.6) is 5.75 Å². The maximum Gasteiger partial charge on any atom is 0.248 e. The van der Waals surface area contributed by atoms with Gasteiger partial charge in [-0.2, -0.15) is 4.98 Å². The number of benzene rings is 1. The van der Waals surface area contributed by atoms with Gasteiger partial charge in [0.05, 0.1) is 6.61 Å². The lowest BCUT2D eigenvalue weighted by Crippen LogP contribution is -2.32. The van der Waals surface area contributed by atoms with Gasteiger partial charge in [0.2, 0.25) is 11.8 Å². The van der Waals surface area contributed by atoms with E-state index in [-0.39, 0.29) is 23.3 Å². The Labute approximate surface area is 158 Å². The van der Waals surface area contributed by atoms with Crippen LogP contribution < -0.4 is 10.1 Å². The molecule has 2 aliphatic carbocycles. The van der Waals surface area contributed by atoms with Crippen LogP contribution in [0.3, 0.4) is 0 Å². The summed E-state index contributed by atoms with van der Waals surface area (Å²) in [6.07, 6.45) is 6.50. The van der Waals surface area contributed by atoms with Crippen LogP contribution in [-0.4, -0.2) is 22.7 Å². The number of nitrogens with zero attached hydrogens (tertiary/aromatic N) is 2. The van der Waals surface area contributed by atoms with Gasteiger partial charge in [0, 0.05) is 22.8 Å². The largest absolute Gasteiger partial charge is 0.493 e. The third-order valence-corrected chi connectivity index (χ3v) is 6.53. The number of ether oxygens (including phenoxy) is 1. The molecule has 2 heterocycles. The fourth-order valence-electron chi connectivity index (χ4n) is 4.85. The number of para-hydroxylation sites is 1. The van der Waals surface area contributed by atoms with Gasteiger partial charge in [-0.15, -0.1) is 0 Å². The Bertz CT molecular complexity index is 858. The van der Waals surface area contributed by atoms with Crippen LogP contribution in [0.15, 0.2) is 28.8 Å². The summed E-state index contributed by atoms with van der Waals surface area (Å²) in [5.74, 6) is 2.69. The van der Waals surface area contributed by atoms with Crippen molar-refractivity contribution in [1.29, 1.82) is 0 Å². The quantitative estimate of drug-likeness (QED) is 0.893. The van der Waals surface area contributed by atoms with Crippen molar-refractivity contribution in [3.05, 3.63) is 41.5 Å². The number of hydrogen-bond acceptors (Lipinski definition) is 5. The lowest BCUT2D eigenvalue weighted by atomic mass is 9.87. The van der Waals surface area contributed by atoms with Crippen LogP contribution in [0.1, 0.15) is 74.7 Å². The summed E-state index contributed by atoms with van der Waals surface area (Å²) >= 11 is 0. The van der Waals surface area contributed by atoms with Gasteiger partial charge in [0.15, 0.2) is 5.82 Å². The zero-order chi connectivity index (χ0) is 18.4. The molecule has 1 spiro atoms. The van der Waals surface area contributed by atoms with Crippen molar-refractivity contribution in [2.24, 2.45) is 5.92 Å². The molecule has 1 aromatic carbocycles. The first-order valence-electron chi connectivity index (χ1n) is 10.0. The Morgan fingerprint density at radius 1 is 1.30 bits per heavy atom. The van der Waals surface area contributed by atoms with Crippen molar-refractivity contribution in [3.63, 3.8) is 0 Å². The van der Waals surface area contributed by atoms with Crippen LogP contribution in [0.4, 0.5) is 0 Å². The third-order valence-electron chi connectivity index (χ3n) is 6.53. The summed E-state index contributed by atoms with van der Waals surface area (Å²) in [5.41, 5.74) is 1.10. The molecule has 2 aromatic rings. The minimum absolute atomic E-state index is 0.0118. The number of carbonyl (C=O) groups is 1. The van der Waals surface area contributed by atoms with E-state index in [1.54, 1.807) is 0 Å². The molecule has 6 heteroatoms. The van der Waals surface area contributed by atoms with Gasteiger partial charge in [-0.05, 0) is 38.7 Å². The van der Waals surface area contributed by atoms with Crippen LogP contribution in [0, 0.1) is 5.92 Å². The molecule has 1 aromatic heterocycles. The van der Waals surface area contributed by atoms with Crippen LogP contribution in [0.2, 0.25) is 0 Å². The number of aromatic nitrogens is 2. The van der Waals surface area contributed by atoms with Crippen LogP contribution in [-0.2, 0) is 10.2 Å². The number of rotatable bonds is 4. The first-order chi connectivity index (χ1) is 13.2. The van der Waals surface area contributed by atoms with Crippen molar-refractivity contribution >= 4 is 5.91 Å². The molecule has 0 bridgehead atoms. The second kappa shape index (κ2) is 6.36. The van der Waals surface area contributed by atoms with Gasteiger partial charge < -0.3 is 14.6 Å². The van der Waals surface area contributed by atoms with E-state index in [1.165, 1.54) is 18.4 Å². The first kappa shape index (κ1) is 16.8. The molecule has 6 nitrogen and oxygen atoms in total. The second-order valence-electron chi connectivity index (χ2n) is 8.21. The lowest BCUT2D eigenvalue weighted by Gasteiger charge is -2.26. The molecule has 1 amide bonds. The summed E-state index contributed by atoms with van der Waals surface area (Å²) in [6.45, 7) is 2.58. The maximum absolute atomic E-state index is 12.9. The zero-order valence-electron chi connectivity index (χ0n) is 15.6. The lowest BCUT2D eigenvalue weighted by molar-refractivity contribution is -0.123. The van der Waals surface area contributed by atoms with Gasteiger partial charge in [0.1, 0.15) is 11.8 Å². The Balaban J connectivity index is 1.27. The van der Waals surface area contributed by atoms with Gasteiger partial charge in [0.25, 0.3) is 0 Å². The van der Waals surface area contributed by atoms with Gasteiger partial charge in [-0.3, -0.25) is 4.79 Å². The van der Waals surface area contributed by atoms with E-state index in [1.807, 2.05) is 25.1 Å². The van der Waals surface area contributed by atoms with E-state index in [4.69, 9.17) is 9.26 Å². The van der Waals surface area contributed by atoms with E-state index in [0.29, 0.717) is 18.4 Å². The highest BCUT2D eigenvalue weighted by atomic mass is 16.5. The molecule has 1 N–H and O–H groups in total. The molecule has 0 radical (unpaired) electrons. The summed E-state index contributed by atoms with van der Waals surface area (Å²) < 4.78 is 11.2. The first-order valence-corrected chi connectivity index (χ1v) is 10.0. The monoisotopic (exact) mass is 367 g/mol. The molecule has 2 saturated carbocycles. The average Bonchev–Trinajstić information content (AvgIpc) is 3.09. The molecule has 27 heavy (non-hydrogen) atoms. The average molecular weight is 367 g/mol. The minimum atomic E-state index is -0.270. The standard InChI is InChI=1S/C21H25N3O3/c1-13(20-23-18(24-27-20)14-6-2-3-7-14)22-19(25)16-12-21(16)10-11-26-17-9-5-4-8-15(17)21/h4-5,8-9,13-14,16H,2-3,6-7,10-12H2,1H3,(H,22,25)/t13-,16+,21+/m1/s1. The van der Waals surface area contributed by atoms with Gasteiger partial charge >= 0.3 is 0 Å². The molecule has 3 atom stereocenters. The van der Waals surface area contributed by atoms with Gasteiger partial charge in [-0.1, -0.05) is 36.2 Å². The Hall–Kier alpha value is -2.37. The molecular weight excluding hydrogens is 342 g/mol. The van der Waals surface area contributed by atoms with Crippen molar-refractivity contribution in [2.45, 2.75) is 62.8 Å². The van der Waals surface area contributed by atoms with Crippen molar-refractivity contribution in [2.75, 3.05) is 6.61 Å². The molecule has 3 aliphatic rings. The van der Waals surface area contributed by atoms with Crippen molar-refractivity contribution in [1.82, 2.24) is 15.5 Å². The molecular formula is C21H25N3O3. The van der Waals surface area contributed by atoms with Gasteiger partial charge in [-0.25, -0.2) is 0 Å². The number of carbonyl (C=O) groups excluding carboxylic acids is 1. The maximum atomic E-state index is 12.9.